The molecule has 2 aliphatic rings. The molecule has 0 fully saturated rings. The molecule has 2 heterocycles. The zero-order valence-electron chi connectivity index (χ0n) is 33.5. The van der Waals surface area contributed by atoms with Gasteiger partial charge in [-0.15, -0.1) is 0 Å². The number of allylic oxidation sites excluding steroid dienone is 1. The first-order chi connectivity index (χ1) is 30.2. The lowest BCUT2D eigenvalue weighted by atomic mass is 9.84. The molecule has 2 unspecified atom stereocenters. The van der Waals surface area contributed by atoms with E-state index in [9.17, 15) is 0 Å². The van der Waals surface area contributed by atoms with Crippen molar-refractivity contribution in [1.82, 2.24) is 9.99 Å². The number of para-hydroxylation sites is 2. The van der Waals surface area contributed by atoms with E-state index in [1.807, 2.05) is 6.07 Å². The number of hydrazine groups is 1. The molecule has 4 heteroatoms. The Morgan fingerprint density at radius 2 is 1.23 bits per heavy atom. The van der Waals surface area contributed by atoms with E-state index < -0.39 is 0 Å². The Hall–Kier alpha value is -7.50. The summed E-state index contributed by atoms with van der Waals surface area (Å²) in [4.78, 5) is 2.51. The predicted molar refractivity (Wildman–Crippen MR) is 255 cm³/mol. The fourth-order valence-electron chi connectivity index (χ4n) is 10.3. The summed E-state index contributed by atoms with van der Waals surface area (Å²) in [6.45, 7) is 0. The molecule has 0 saturated carbocycles. The first-order valence-electron chi connectivity index (χ1n) is 21.2. The summed E-state index contributed by atoms with van der Waals surface area (Å²) in [7, 11) is 0. The van der Waals surface area contributed by atoms with E-state index in [0.29, 0.717) is 0 Å². The van der Waals surface area contributed by atoms with Gasteiger partial charge in [-0.25, -0.2) is 5.43 Å². The van der Waals surface area contributed by atoms with Crippen LogP contribution in [0.3, 0.4) is 0 Å². The van der Waals surface area contributed by atoms with Crippen LogP contribution in [0.4, 0.5) is 11.4 Å². The number of nitrogens with one attached hydrogen (secondary N) is 1. The molecule has 1 aliphatic heterocycles. The number of anilines is 2. The van der Waals surface area contributed by atoms with Gasteiger partial charge in [0.2, 0.25) is 0 Å². The molecule has 290 valence electrons. The third kappa shape index (κ3) is 5.76. The monoisotopic (exact) mass is 782 g/mol. The number of hydrogen-bond acceptors (Lipinski definition) is 3. The SMILES string of the molecule is NNC(/C=C(/c1ccc2ccccc2c1)c1cc(-n2c3c(c4ccccc42)CC2C(=C3)N(c3ccccc3)c3ccc4ccccc4c32)cc2ccccc12)c1ccccc1. The number of fused-ring (bicyclic) bond motifs is 10. The van der Waals surface area contributed by atoms with E-state index in [-0.39, 0.29) is 12.0 Å². The van der Waals surface area contributed by atoms with Gasteiger partial charge in [0.1, 0.15) is 0 Å². The van der Waals surface area contributed by atoms with Crippen molar-refractivity contribution in [3.05, 3.63) is 245 Å². The van der Waals surface area contributed by atoms with Crippen molar-refractivity contribution < 1.29 is 0 Å². The van der Waals surface area contributed by atoms with Gasteiger partial charge in [0.15, 0.2) is 0 Å². The van der Waals surface area contributed by atoms with Crippen LogP contribution in [0.1, 0.15) is 45.5 Å². The number of nitrogens with two attached hydrogens (primary N) is 1. The lowest BCUT2D eigenvalue weighted by Crippen LogP contribution is -2.26. The number of rotatable bonds is 7. The van der Waals surface area contributed by atoms with Gasteiger partial charge in [-0.2, -0.15) is 0 Å². The van der Waals surface area contributed by atoms with Crippen LogP contribution in [-0.4, -0.2) is 4.57 Å². The lowest BCUT2D eigenvalue weighted by Gasteiger charge is -2.27. The van der Waals surface area contributed by atoms with Gasteiger partial charge in [-0.3, -0.25) is 5.84 Å². The van der Waals surface area contributed by atoms with Gasteiger partial charge in [-0.1, -0.05) is 164 Å². The van der Waals surface area contributed by atoms with Crippen molar-refractivity contribution in [2.75, 3.05) is 4.90 Å². The molecule has 1 aliphatic carbocycles. The molecular weight excluding hydrogens is 741 g/mol. The highest BCUT2D eigenvalue weighted by Crippen LogP contribution is 2.55. The zero-order chi connectivity index (χ0) is 40.4. The maximum absolute atomic E-state index is 6.41. The average Bonchev–Trinajstić information content (AvgIpc) is 3.83. The Morgan fingerprint density at radius 1 is 0.574 bits per heavy atom. The molecular formula is C57H42N4. The van der Waals surface area contributed by atoms with E-state index in [1.165, 1.54) is 77.1 Å². The lowest BCUT2D eigenvalue weighted by molar-refractivity contribution is 0.656. The molecule has 9 aromatic carbocycles. The summed E-state index contributed by atoms with van der Waals surface area (Å²) in [6, 6.07) is 72.6. The van der Waals surface area contributed by atoms with Crippen LogP contribution in [0.25, 0.3) is 60.6 Å². The highest BCUT2D eigenvalue weighted by molar-refractivity contribution is 6.03. The van der Waals surface area contributed by atoms with Crippen LogP contribution in [-0.2, 0) is 6.42 Å². The largest absolute Gasteiger partial charge is 0.313 e. The molecule has 4 nitrogen and oxygen atoms in total. The Balaban J connectivity index is 1.12. The van der Waals surface area contributed by atoms with Crippen molar-refractivity contribution in [2.24, 2.45) is 5.84 Å². The van der Waals surface area contributed by atoms with Crippen LogP contribution >= 0.6 is 0 Å². The minimum Gasteiger partial charge on any atom is -0.313 e. The summed E-state index contributed by atoms with van der Waals surface area (Å²) < 4.78 is 2.52. The summed E-state index contributed by atoms with van der Waals surface area (Å²) in [5, 5.41) is 8.68. The van der Waals surface area contributed by atoms with Crippen LogP contribution in [0.15, 0.2) is 212 Å². The maximum Gasteiger partial charge on any atom is 0.0649 e. The molecule has 0 amide bonds. The van der Waals surface area contributed by atoms with Gasteiger partial charge in [0.25, 0.3) is 0 Å². The third-order valence-electron chi connectivity index (χ3n) is 13.0. The molecule has 10 aromatic rings. The normalized spacial score (nSPS) is 15.2. The minimum absolute atomic E-state index is 0.210. The van der Waals surface area contributed by atoms with E-state index >= 15 is 0 Å². The maximum atomic E-state index is 6.41. The minimum atomic E-state index is -0.226. The molecule has 0 saturated heterocycles. The van der Waals surface area contributed by atoms with Gasteiger partial charge in [0, 0.05) is 28.4 Å². The number of nitrogens with zero attached hydrogens (tertiary/aromatic N) is 2. The summed E-state index contributed by atoms with van der Waals surface area (Å²) in [5.41, 5.74) is 17.8. The van der Waals surface area contributed by atoms with E-state index in [2.05, 4.69) is 221 Å². The Labute approximate surface area is 355 Å². The van der Waals surface area contributed by atoms with Gasteiger partial charge in [-0.05, 0) is 121 Å². The molecule has 0 spiro atoms. The van der Waals surface area contributed by atoms with Crippen molar-refractivity contribution in [2.45, 2.75) is 18.4 Å². The van der Waals surface area contributed by atoms with Crippen molar-refractivity contribution in [3.63, 3.8) is 0 Å². The summed E-state index contributed by atoms with van der Waals surface area (Å²) in [6.07, 6.45) is 5.70. The molecule has 1 aromatic heterocycles. The van der Waals surface area contributed by atoms with Crippen LogP contribution in [0, 0.1) is 0 Å². The standard InChI is InChI=1S/C57H42N4/c58-59-52(39-17-3-1-4-18-39)35-48(42-28-27-37-15-7-8-19-40(37)31-42)49-33-44(32-41-20-10-11-23-45(41)49)61-53-26-14-13-25-47(53)50-34-51-56(36-55(50)61)60(43-21-5-2-6-22-43)54-30-29-38-16-9-12-24-46(38)57(51)54/h1-33,35-36,51-52,59H,34,58H2/b48-35-. The van der Waals surface area contributed by atoms with E-state index in [0.717, 1.165) is 34.4 Å². The fourth-order valence-corrected chi connectivity index (χ4v) is 10.3. The van der Waals surface area contributed by atoms with Crippen molar-refractivity contribution in [1.29, 1.82) is 0 Å². The molecule has 61 heavy (non-hydrogen) atoms. The highest BCUT2D eigenvalue weighted by Gasteiger charge is 2.40. The number of benzene rings is 9. The van der Waals surface area contributed by atoms with Crippen molar-refractivity contribution in [3.8, 4) is 5.69 Å². The van der Waals surface area contributed by atoms with Crippen LogP contribution < -0.4 is 16.2 Å². The Bertz CT molecular complexity index is 3390. The highest BCUT2D eigenvalue weighted by atomic mass is 15.2. The predicted octanol–water partition coefficient (Wildman–Crippen LogP) is 13.6. The molecule has 2 atom stereocenters. The number of hydrogen-bond donors (Lipinski definition) is 2. The second-order valence-electron chi connectivity index (χ2n) is 16.3. The van der Waals surface area contributed by atoms with Crippen LogP contribution in [0.2, 0.25) is 0 Å². The summed E-state index contributed by atoms with van der Waals surface area (Å²) >= 11 is 0. The van der Waals surface area contributed by atoms with E-state index in [4.69, 9.17) is 5.84 Å². The first-order valence-corrected chi connectivity index (χ1v) is 21.2. The second kappa shape index (κ2) is 14.4. The molecule has 0 radical (unpaired) electrons. The number of aromatic nitrogens is 1. The third-order valence-corrected chi connectivity index (χ3v) is 13.0. The topological polar surface area (TPSA) is 46.2 Å². The average molecular weight is 783 g/mol. The van der Waals surface area contributed by atoms with Crippen LogP contribution in [0.5, 0.6) is 0 Å². The van der Waals surface area contributed by atoms with Gasteiger partial charge < -0.3 is 9.47 Å². The van der Waals surface area contributed by atoms with Crippen molar-refractivity contribution >= 4 is 66.2 Å². The Morgan fingerprint density at radius 3 is 2.03 bits per heavy atom. The van der Waals surface area contributed by atoms with E-state index in [1.54, 1.807) is 0 Å². The fraction of sp³-hybridized carbons (Fsp3) is 0.0526. The first kappa shape index (κ1) is 35.4. The van der Waals surface area contributed by atoms with Gasteiger partial charge in [0.05, 0.1) is 22.9 Å². The Kier molecular flexibility index (Phi) is 8.34. The smallest absolute Gasteiger partial charge is 0.0649 e. The zero-order valence-corrected chi connectivity index (χ0v) is 33.5. The van der Waals surface area contributed by atoms with Gasteiger partial charge >= 0.3 is 0 Å². The molecule has 12 rings (SSSR count). The molecule has 0 bridgehead atoms. The summed E-state index contributed by atoms with van der Waals surface area (Å²) in [5.74, 6) is 6.62. The molecule has 3 N–H and O–H groups in total. The quantitative estimate of drug-likeness (QED) is 0.125. The second-order valence-corrected chi connectivity index (χ2v) is 16.3.